The number of rotatable bonds is 6. The predicted octanol–water partition coefficient (Wildman–Crippen LogP) is 2.63. The second kappa shape index (κ2) is 9.47. The Balaban J connectivity index is 1.47. The molecule has 0 saturated carbocycles. The summed E-state index contributed by atoms with van der Waals surface area (Å²) in [5.74, 6) is 0.555. The molecule has 5 nitrogen and oxygen atoms in total. The fourth-order valence-electron chi connectivity index (χ4n) is 4.49. The molecule has 1 aromatic heterocycles. The third-order valence-corrected chi connectivity index (χ3v) is 5.94. The molecule has 1 aromatic rings. The van der Waals surface area contributed by atoms with E-state index in [4.69, 9.17) is 0 Å². The van der Waals surface area contributed by atoms with Crippen LogP contribution in [0.2, 0.25) is 0 Å². The van der Waals surface area contributed by atoms with Crippen molar-refractivity contribution < 1.29 is 4.79 Å². The van der Waals surface area contributed by atoms with Gasteiger partial charge in [0.2, 0.25) is 5.91 Å². The van der Waals surface area contributed by atoms with Crippen molar-refractivity contribution in [3.05, 3.63) is 30.1 Å². The van der Waals surface area contributed by atoms with Crippen LogP contribution in [0.4, 0.5) is 0 Å². The van der Waals surface area contributed by atoms with Crippen LogP contribution in [0.3, 0.4) is 0 Å². The van der Waals surface area contributed by atoms with Crippen LogP contribution in [0.25, 0.3) is 0 Å². The number of hydrogen-bond donors (Lipinski definition) is 0. The van der Waals surface area contributed by atoms with E-state index < -0.39 is 0 Å². The molecule has 1 amide bonds. The maximum atomic E-state index is 12.7. The van der Waals surface area contributed by atoms with E-state index in [2.05, 4.69) is 27.8 Å². The van der Waals surface area contributed by atoms with Gasteiger partial charge in [0.1, 0.15) is 0 Å². The highest BCUT2D eigenvalue weighted by atomic mass is 16.2. The van der Waals surface area contributed by atoms with Gasteiger partial charge >= 0.3 is 0 Å². The average molecular weight is 359 g/mol. The molecule has 2 fully saturated rings. The molecule has 0 aliphatic carbocycles. The number of amides is 1. The van der Waals surface area contributed by atoms with Crippen LogP contribution < -0.4 is 0 Å². The number of carbonyl (C=O) groups is 1. The van der Waals surface area contributed by atoms with Crippen LogP contribution in [0, 0.1) is 5.92 Å². The van der Waals surface area contributed by atoms with Crippen molar-refractivity contribution >= 4 is 5.91 Å². The van der Waals surface area contributed by atoms with Crippen LogP contribution in [0.1, 0.15) is 44.6 Å². The number of piperidine rings is 2. The zero-order valence-corrected chi connectivity index (χ0v) is 16.4. The Bertz CT molecular complexity index is 556. The van der Waals surface area contributed by atoms with Crippen molar-refractivity contribution in [2.24, 2.45) is 5.92 Å². The number of hydrogen-bond acceptors (Lipinski definition) is 4. The number of pyridine rings is 1. The van der Waals surface area contributed by atoms with Gasteiger partial charge in [0.25, 0.3) is 0 Å². The number of carbonyl (C=O) groups excluding carboxylic acids is 1. The SMILES string of the molecule is CCCN(C)C(=O)[C@@H]1CCCN(C2CCN(Cc3cccnc3)CC2)C1. The van der Waals surface area contributed by atoms with E-state index >= 15 is 0 Å². The minimum absolute atomic E-state index is 0.203. The van der Waals surface area contributed by atoms with Crippen LogP contribution in [-0.4, -0.2) is 71.4 Å². The molecule has 2 saturated heterocycles. The van der Waals surface area contributed by atoms with Gasteiger partial charge in [-0.3, -0.25) is 19.6 Å². The van der Waals surface area contributed by atoms with Crippen LogP contribution in [-0.2, 0) is 11.3 Å². The Morgan fingerprint density at radius 1 is 1.27 bits per heavy atom. The second-order valence-corrected chi connectivity index (χ2v) is 7.96. The summed E-state index contributed by atoms with van der Waals surface area (Å²) in [6, 6.07) is 4.82. The zero-order chi connectivity index (χ0) is 18.4. The van der Waals surface area contributed by atoms with Gasteiger partial charge < -0.3 is 4.90 Å². The van der Waals surface area contributed by atoms with Crippen LogP contribution in [0.5, 0.6) is 0 Å². The van der Waals surface area contributed by atoms with Gasteiger partial charge in [-0.1, -0.05) is 13.0 Å². The van der Waals surface area contributed by atoms with E-state index in [1.807, 2.05) is 30.4 Å². The molecule has 0 bridgehead atoms. The highest BCUT2D eigenvalue weighted by Gasteiger charge is 2.32. The quantitative estimate of drug-likeness (QED) is 0.784. The molecule has 2 aliphatic heterocycles. The van der Waals surface area contributed by atoms with Gasteiger partial charge in [0.15, 0.2) is 0 Å². The van der Waals surface area contributed by atoms with Crippen molar-refractivity contribution in [3.8, 4) is 0 Å². The van der Waals surface area contributed by atoms with Crippen molar-refractivity contribution in [2.45, 2.75) is 51.6 Å². The lowest BCUT2D eigenvalue weighted by Gasteiger charge is -2.42. The van der Waals surface area contributed by atoms with Gasteiger partial charge in [-0.25, -0.2) is 0 Å². The molecular formula is C21H34N4O. The maximum absolute atomic E-state index is 12.7. The first kappa shape index (κ1) is 19.3. The third-order valence-electron chi connectivity index (χ3n) is 5.94. The van der Waals surface area contributed by atoms with E-state index in [0.717, 1.165) is 58.5 Å². The Morgan fingerprint density at radius 3 is 2.77 bits per heavy atom. The summed E-state index contributed by atoms with van der Waals surface area (Å²) >= 11 is 0. The van der Waals surface area contributed by atoms with Gasteiger partial charge in [0.05, 0.1) is 5.92 Å². The standard InChI is InChI=1S/C21H34N4O/c1-3-11-23(2)21(26)19-7-5-12-25(17-19)20-8-13-24(14-9-20)16-18-6-4-10-22-15-18/h4,6,10,15,19-20H,3,5,7-9,11-14,16-17H2,1-2H3/t19-/m1/s1. The Kier molecular flexibility index (Phi) is 7.03. The van der Waals surface area contributed by atoms with Crippen molar-refractivity contribution in [3.63, 3.8) is 0 Å². The van der Waals surface area contributed by atoms with Gasteiger partial charge in [-0.2, -0.15) is 0 Å². The third kappa shape index (κ3) is 5.04. The topological polar surface area (TPSA) is 39.7 Å². The molecule has 3 rings (SSSR count). The van der Waals surface area contributed by atoms with Gasteiger partial charge in [-0.05, 0) is 63.4 Å². The van der Waals surface area contributed by atoms with Crippen molar-refractivity contribution in [1.29, 1.82) is 0 Å². The first-order valence-electron chi connectivity index (χ1n) is 10.3. The molecule has 0 aromatic carbocycles. The smallest absolute Gasteiger partial charge is 0.226 e. The fraction of sp³-hybridized carbons (Fsp3) is 0.714. The first-order chi connectivity index (χ1) is 12.7. The summed E-state index contributed by atoms with van der Waals surface area (Å²) in [6.45, 7) is 8.42. The molecule has 3 heterocycles. The summed E-state index contributed by atoms with van der Waals surface area (Å²) in [6.07, 6.45) is 9.49. The van der Waals surface area contributed by atoms with Crippen molar-refractivity contribution in [1.82, 2.24) is 19.7 Å². The molecule has 2 aliphatic rings. The van der Waals surface area contributed by atoms with E-state index in [0.29, 0.717) is 11.9 Å². The molecule has 0 unspecified atom stereocenters. The van der Waals surface area contributed by atoms with Gasteiger partial charge in [0, 0.05) is 45.1 Å². The number of likely N-dealkylation sites (tertiary alicyclic amines) is 2. The Hall–Kier alpha value is -1.46. The lowest BCUT2D eigenvalue weighted by Crippen LogP contribution is -2.50. The number of nitrogens with zero attached hydrogens (tertiary/aromatic N) is 4. The maximum Gasteiger partial charge on any atom is 0.226 e. The van der Waals surface area contributed by atoms with Gasteiger partial charge in [-0.15, -0.1) is 0 Å². The summed E-state index contributed by atoms with van der Waals surface area (Å²) in [7, 11) is 1.96. The molecule has 144 valence electrons. The summed E-state index contributed by atoms with van der Waals surface area (Å²) in [4.78, 5) is 24.0. The summed E-state index contributed by atoms with van der Waals surface area (Å²) in [5, 5.41) is 0. The predicted molar refractivity (Wildman–Crippen MR) is 105 cm³/mol. The normalized spacial score (nSPS) is 23.1. The number of aromatic nitrogens is 1. The molecule has 26 heavy (non-hydrogen) atoms. The summed E-state index contributed by atoms with van der Waals surface area (Å²) < 4.78 is 0. The highest BCUT2D eigenvalue weighted by Crippen LogP contribution is 2.25. The van der Waals surface area contributed by atoms with Crippen molar-refractivity contribution in [2.75, 3.05) is 39.8 Å². The molecular weight excluding hydrogens is 324 g/mol. The largest absolute Gasteiger partial charge is 0.345 e. The van der Waals surface area contributed by atoms with E-state index in [-0.39, 0.29) is 5.92 Å². The lowest BCUT2D eigenvalue weighted by atomic mass is 9.93. The van der Waals surface area contributed by atoms with E-state index in [9.17, 15) is 4.79 Å². The average Bonchev–Trinajstić information content (AvgIpc) is 2.69. The minimum atomic E-state index is 0.203. The lowest BCUT2D eigenvalue weighted by molar-refractivity contribution is -0.136. The summed E-state index contributed by atoms with van der Waals surface area (Å²) in [5.41, 5.74) is 1.30. The first-order valence-corrected chi connectivity index (χ1v) is 10.3. The molecule has 0 radical (unpaired) electrons. The Labute approximate surface area is 158 Å². The molecule has 5 heteroatoms. The second-order valence-electron chi connectivity index (χ2n) is 7.96. The highest BCUT2D eigenvalue weighted by molar-refractivity contribution is 5.78. The van der Waals surface area contributed by atoms with E-state index in [1.165, 1.54) is 18.4 Å². The van der Waals surface area contributed by atoms with Crippen LogP contribution in [0.15, 0.2) is 24.5 Å². The Morgan fingerprint density at radius 2 is 2.08 bits per heavy atom. The van der Waals surface area contributed by atoms with E-state index in [1.54, 1.807) is 0 Å². The zero-order valence-electron chi connectivity index (χ0n) is 16.4. The molecule has 0 spiro atoms. The molecule has 1 atom stereocenters. The fourth-order valence-corrected chi connectivity index (χ4v) is 4.49. The minimum Gasteiger partial charge on any atom is -0.345 e. The monoisotopic (exact) mass is 358 g/mol. The van der Waals surface area contributed by atoms with Crippen LogP contribution >= 0.6 is 0 Å². The molecule has 0 N–H and O–H groups in total.